The molecule has 1 heterocycles. The van der Waals surface area contributed by atoms with Gasteiger partial charge in [0.2, 0.25) is 5.91 Å². The molecule has 5 rings (SSSR count). The largest absolute Gasteiger partial charge is 0.416 e. The second kappa shape index (κ2) is 12.2. The number of carbonyl (C=O) groups excluding carboxylic acids is 2. The number of hydrogen-bond acceptors (Lipinski definition) is 3. The second-order valence-corrected chi connectivity index (χ2v) is 11.7. The maximum Gasteiger partial charge on any atom is 0.416 e. The number of alkyl halides is 3. The average Bonchev–Trinajstić information content (AvgIpc) is 3.46. The van der Waals surface area contributed by atoms with E-state index in [-0.39, 0.29) is 17.2 Å². The minimum atomic E-state index is -4.53. The van der Waals surface area contributed by atoms with E-state index in [1.54, 1.807) is 4.90 Å². The van der Waals surface area contributed by atoms with E-state index in [1.165, 1.54) is 31.9 Å². The van der Waals surface area contributed by atoms with E-state index < -0.39 is 29.6 Å². The standard InChI is InChI=1S/C34H38F3N3O2/c1-21-13-16-27(20-29(21)34(35,36)37)39-32(41)28-12-7-19-40(33(42)30-22(2)8-6-9-23(30)3)31(28)24-14-17-26(18-15-24)38-25-10-4-5-11-25/h6,8-9,13-18,20,25,28,31,38H,4-5,7,10-12,19H2,1-3H3,(H,39,41)/t28-,31-/m0/s1. The summed E-state index contributed by atoms with van der Waals surface area (Å²) in [6.07, 6.45) is 1.30. The van der Waals surface area contributed by atoms with Gasteiger partial charge in [0, 0.05) is 29.5 Å². The first-order valence-corrected chi connectivity index (χ1v) is 14.8. The highest BCUT2D eigenvalue weighted by Gasteiger charge is 2.40. The molecule has 2 fully saturated rings. The van der Waals surface area contributed by atoms with Gasteiger partial charge in [0.15, 0.2) is 0 Å². The zero-order valence-electron chi connectivity index (χ0n) is 24.4. The van der Waals surface area contributed by atoms with Gasteiger partial charge in [-0.05, 0) is 93.0 Å². The van der Waals surface area contributed by atoms with Crippen LogP contribution in [0.3, 0.4) is 0 Å². The number of rotatable bonds is 6. The van der Waals surface area contributed by atoms with Crippen LogP contribution < -0.4 is 10.6 Å². The Hall–Kier alpha value is -3.81. The van der Waals surface area contributed by atoms with Crippen molar-refractivity contribution in [2.45, 2.75) is 77.6 Å². The van der Waals surface area contributed by atoms with Crippen molar-refractivity contribution < 1.29 is 22.8 Å². The van der Waals surface area contributed by atoms with Crippen LogP contribution in [0.5, 0.6) is 0 Å². The number of amides is 2. The molecule has 0 spiro atoms. The molecule has 1 saturated carbocycles. The van der Waals surface area contributed by atoms with Gasteiger partial charge in [-0.1, -0.05) is 49.2 Å². The van der Waals surface area contributed by atoms with Crippen LogP contribution in [0.2, 0.25) is 0 Å². The van der Waals surface area contributed by atoms with Gasteiger partial charge in [-0.2, -0.15) is 13.2 Å². The predicted octanol–water partition coefficient (Wildman–Crippen LogP) is 8.22. The molecular formula is C34H38F3N3O2. The molecule has 1 aliphatic heterocycles. The third kappa shape index (κ3) is 6.32. The molecule has 2 amide bonds. The number of hydrogen-bond donors (Lipinski definition) is 2. The SMILES string of the molecule is Cc1ccc(NC(=O)[C@H]2CCCN(C(=O)c3c(C)cccc3C)[C@H]2c2ccc(NC3CCCC3)cc2)cc1C(F)(F)F. The average molecular weight is 578 g/mol. The molecule has 0 radical (unpaired) electrons. The zero-order chi connectivity index (χ0) is 30.0. The van der Waals surface area contributed by atoms with E-state index in [0.29, 0.717) is 31.0 Å². The number of piperidine rings is 1. The van der Waals surface area contributed by atoms with E-state index in [4.69, 9.17) is 0 Å². The maximum absolute atomic E-state index is 14.1. The number of nitrogens with zero attached hydrogens (tertiary/aromatic N) is 1. The maximum atomic E-state index is 14.1. The number of likely N-dealkylation sites (tertiary alicyclic amines) is 1. The first-order valence-electron chi connectivity index (χ1n) is 14.8. The molecule has 0 bridgehead atoms. The van der Waals surface area contributed by atoms with Crippen LogP contribution in [0, 0.1) is 26.7 Å². The summed E-state index contributed by atoms with van der Waals surface area (Å²) in [5.41, 5.74) is 3.56. The van der Waals surface area contributed by atoms with Crippen LogP contribution >= 0.6 is 0 Å². The van der Waals surface area contributed by atoms with Crippen molar-refractivity contribution in [1.29, 1.82) is 0 Å². The molecule has 1 saturated heterocycles. The lowest BCUT2D eigenvalue weighted by molar-refractivity contribution is -0.138. The Morgan fingerprint density at radius 2 is 1.45 bits per heavy atom. The van der Waals surface area contributed by atoms with Crippen molar-refractivity contribution in [1.82, 2.24) is 4.90 Å². The first kappa shape index (κ1) is 29.7. The molecule has 3 aromatic rings. The van der Waals surface area contributed by atoms with Crippen LogP contribution in [0.25, 0.3) is 0 Å². The van der Waals surface area contributed by atoms with Gasteiger partial charge in [0.05, 0.1) is 17.5 Å². The number of carbonyl (C=O) groups is 2. The number of nitrogens with one attached hydrogen (secondary N) is 2. The smallest absolute Gasteiger partial charge is 0.382 e. The quantitative estimate of drug-likeness (QED) is 0.310. The van der Waals surface area contributed by atoms with Gasteiger partial charge >= 0.3 is 6.18 Å². The predicted molar refractivity (Wildman–Crippen MR) is 160 cm³/mol. The highest BCUT2D eigenvalue weighted by Crippen LogP contribution is 2.40. The lowest BCUT2D eigenvalue weighted by atomic mass is 9.83. The van der Waals surface area contributed by atoms with E-state index in [0.717, 1.165) is 41.3 Å². The number of anilines is 2. The Kier molecular flexibility index (Phi) is 8.62. The minimum Gasteiger partial charge on any atom is -0.382 e. The normalized spacial score (nSPS) is 19.5. The molecule has 222 valence electrons. The topological polar surface area (TPSA) is 61.4 Å². The van der Waals surface area contributed by atoms with Gasteiger partial charge in [-0.3, -0.25) is 9.59 Å². The Labute approximate surface area is 245 Å². The molecule has 5 nitrogen and oxygen atoms in total. The van der Waals surface area contributed by atoms with Crippen molar-refractivity contribution in [3.8, 4) is 0 Å². The number of aryl methyl sites for hydroxylation is 3. The monoisotopic (exact) mass is 577 g/mol. The van der Waals surface area contributed by atoms with Crippen LogP contribution in [0.4, 0.5) is 24.5 Å². The van der Waals surface area contributed by atoms with Crippen molar-refractivity contribution >= 4 is 23.2 Å². The fraction of sp³-hybridized carbons (Fsp3) is 0.412. The van der Waals surface area contributed by atoms with Crippen molar-refractivity contribution in [3.63, 3.8) is 0 Å². The Balaban J connectivity index is 1.48. The van der Waals surface area contributed by atoms with Gasteiger partial charge < -0.3 is 15.5 Å². The van der Waals surface area contributed by atoms with E-state index >= 15 is 0 Å². The van der Waals surface area contributed by atoms with Gasteiger partial charge in [-0.15, -0.1) is 0 Å². The van der Waals surface area contributed by atoms with Gasteiger partial charge in [0.25, 0.3) is 5.91 Å². The first-order chi connectivity index (χ1) is 20.0. The second-order valence-electron chi connectivity index (χ2n) is 11.7. The summed E-state index contributed by atoms with van der Waals surface area (Å²) >= 11 is 0. The number of halogens is 3. The van der Waals surface area contributed by atoms with Gasteiger partial charge in [0.1, 0.15) is 0 Å². The highest BCUT2D eigenvalue weighted by molar-refractivity contribution is 5.99. The molecule has 0 unspecified atom stereocenters. The highest BCUT2D eigenvalue weighted by atomic mass is 19.4. The zero-order valence-corrected chi connectivity index (χ0v) is 24.4. The summed E-state index contributed by atoms with van der Waals surface area (Å²) < 4.78 is 40.7. The lowest BCUT2D eigenvalue weighted by Gasteiger charge is -2.41. The summed E-state index contributed by atoms with van der Waals surface area (Å²) in [6, 6.07) is 17.4. The molecule has 3 aromatic carbocycles. The summed E-state index contributed by atoms with van der Waals surface area (Å²) in [4.78, 5) is 29.7. The fourth-order valence-corrected chi connectivity index (χ4v) is 6.53. The third-order valence-electron chi connectivity index (χ3n) is 8.71. The van der Waals surface area contributed by atoms with Crippen LogP contribution in [0.1, 0.15) is 82.7 Å². The fourth-order valence-electron chi connectivity index (χ4n) is 6.53. The summed E-state index contributed by atoms with van der Waals surface area (Å²) in [7, 11) is 0. The molecule has 42 heavy (non-hydrogen) atoms. The van der Waals surface area contributed by atoms with Crippen LogP contribution in [0.15, 0.2) is 60.7 Å². The van der Waals surface area contributed by atoms with Gasteiger partial charge in [-0.25, -0.2) is 0 Å². The Morgan fingerprint density at radius 1 is 0.810 bits per heavy atom. The third-order valence-corrected chi connectivity index (χ3v) is 8.71. The Bertz CT molecular complexity index is 1430. The molecule has 2 atom stereocenters. The molecule has 2 N–H and O–H groups in total. The molecule has 1 aliphatic carbocycles. The summed E-state index contributed by atoms with van der Waals surface area (Å²) in [5.74, 6) is -1.18. The molecule has 8 heteroatoms. The summed E-state index contributed by atoms with van der Waals surface area (Å²) in [6.45, 7) is 5.69. The van der Waals surface area contributed by atoms with Crippen LogP contribution in [-0.4, -0.2) is 29.3 Å². The Morgan fingerprint density at radius 3 is 2.10 bits per heavy atom. The summed E-state index contributed by atoms with van der Waals surface area (Å²) in [5, 5.41) is 6.33. The van der Waals surface area contributed by atoms with Crippen molar-refractivity contribution in [2.24, 2.45) is 5.92 Å². The van der Waals surface area contributed by atoms with Crippen molar-refractivity contribution in [2.75, 3.05) is 17.2 Å². The van der Waals surface area contributed by atoms with Crippen molar-refractivity contribution in [3.05, 3.63) is 94.0 Å². The van der Waals surface area contributed by atoms with Crippen LogP contribution in [-0.2, 0) is 11.0 Å². The lowest BCUT2D eigenvalue weighted by Crippen LogP contribution is -2.46. The molecule has 0 aromatic heterocycles. The number of benzene rings is 3. The van der Waals surface area contributed by atoms with E-state index in [1.807, 2.05) is 56.3 Å². The molecular weight excluding hydrogens is 539 g/mol. The minimum absolute atomic E-state index is 0.0889. The molecule has 2 aliphatic rings. The van der Waals surface area contributed by atoms with E-state index in [2.05, 4.69) is 10.6 Å². The van der Waals surface area contributed by atoms with E-state index in [9.17, 15) is 22.8 Å².